The minimum atomic E-state index is -0.906. The molecule has 2 aromatic rings. The molecule has 2 amide bonds. The number of piperidine rings is 1. The Labute approximate surface area is 147 Å². The maximum Gasteiger partial charge on any atom is 0.335 e. The molecule has 2 N–H and O–H groups in total. The van der Waals surface area contributed by atoms with Crippen LogP contribution in [0.4, 0.5) is 4.79 Å². The van der Waals surface area contributed by atoms with Crippen LogP contribution in [0.1, 0.15) is 40.2 Å². The highest BCUT2D eigenvalue weighted by atomic mass is 16.4. The Kier molecular flexibility index (Phi) is 5.33. The second-order valence-electron chi connectivity index (χ2n) is 6.33. The van der Waals surface area contributed by atoms with Gasteiger partial charge in [0.2, 0.25) is 0 Å². The number of amides is 2. The van der Waals surface area contributed by atoms with Crippen LogP contribution in [-0.2, 0) is 6.54 Å². The molecule has 0 spiro atoms. The lowest BCUT2D eigenvalue weighted by atomic mass is 9.89. The number of benzene rings is 2. The van der Waals surface area contributed by atoms with Crippen molar-refractivity contribution in [3.8, 4) is 0 Å². The second-order valence-corrected chi connectivity index (χ2v) is 6.33. The summed E-state index contributed by atoms with van der Waals surface area (Å²) in [5, 5.41) is 11.9. The number of carbonyl (C=O) groups is 2. The molecule has 2 aromatic carbocycles. The number of likely N-dealkylation sites (tertiary alicyclic amines) is 1. The smallest absolute Gasteiger partial charge is 0.335 e. The predicted octanol–water partition coefficient (Wildman–Crippen LogP) is 3.47. The monoisotopic (exact) mass is 338 g/mol. The van der Waals surface area contributed by atoms with Gasteiger partial charge in [-0.3, -0.25) is 0 Å². The molecule has 0 bridgehead atoms. The molecule has 0 radical (unpaired) electrons. The summed E-state index contributed by atoms with van der Waals surface area (Å²) in [6.45, 7) is 1.97. The van der Waals surface area contributed by atoms with Gasteiger partial charge in [-0.2, -0.15) is 0 Å². The third-order valence-electron chi connectivity index (χ3n) is 4.70. The van der Waals surface area contributed by atoms with Gasteiger partial charge in [0.1, 0.15) is 0 Å². The van der Waals surface area contributed by atoms with Gasteiger partial charge in [-0.1, -0.05) is 42.5 Å². The molecule has 5 heteroatoms. The fourth-order valence-electron chi connectivity index (χ4n) is 3.20. The van der Waals surface area contributed by atoms with E-state index in [-0.39, 0.29) is 6.03 Å². The van der Waals surface area contributed by atoms with Crippen molar-refractivity contribution in [3.63, 3.8) is 0 Å². The Morgan fingerprint density at radius 3 is 2.24 bits per heavy atom. The highest BCUT2D eigenvalue weighted by Gasteiger charge is 2.23. The number of carboxylic acids is 1. The van der Waals surface area contributed by atoms with Crippen LogP contribution in [0.3, 0.4) is 0 Å². The van der Waals surface area contributed by atoms with Crippen LogP contribution in [0, 0.1) is 0 Å². The lowest BCUT2D eigenvalue weighted by Crippen LogP contribution is -2.43. The van der Waals surface area contributed by atoms with Gasteiger partial charge < -0.3 is 15.3 Å². The zero-order valence-electron chi connectivity index (χ0n) is 14.0. The van der Waals surface area contributed by atoms with Gasteiger partial charge in [0.25, 0.3) is 0 Å². The zero-order valence-corrected chi connectivity index (χ0v) is 14.0. The second kappa shape index (κ2) is 7.83. The van der Waals surface area contributed by atoms with E-state index >= 15 is 0 Å². The summed E-state index contributed by atoms with van der Waals surface area (Å²) < 4.78 is 0. The molecule has 1 saturated heterocycles. The topological polar surface area (TPSA) is 69.6 Å². The molecular formula is C20H22N2O3. The van der Waals surface area contributed by atoms with E-state index in [2.05, 4.69) is 5.32 Å². The zero-order chi connectivity index (χ0) is 17.6. The maximum absolute atomic E-state index is 12.3. The van der Waals surface area contributed by atoms with E-state index in [9.17, 15) is 9.59 Å². The summed E-state index contributed by atoms with van der Waals surface area (Å²) in [4.78, 5) is 25.1. The molecule has 0 aromatic heterocycles. The molecule has 1 fully saturated rings. The highest BCUT2D eigenvalue weighted by molar-refractivity contribution is 5.87. The Morgan fingerprint density at radius 2 is 1.64 bits per heavy atom. The van der Waals surface area contributed by atoms with Crippen molar-refractivity contribution < 1.29 is 14.7 Å². The molecule has 0 saturated carbocycles. The Morgan fingerprint density at radius 1 is 1.00 bits per heavy atom. The van der Waals surface area contributed by atoms with Crippen LogP contribution in [0.25, 0.3) is 0 Å². The molecule has 5 nitrogen and oxygen atoms in total. The molecule has 130 valence electrons. The molecular weight excluding hydrogens is 316 g/mol. The summed E-state index contributed by atoms with van der Waals surface area (Å²) >= 11 is 0. The molecule has 0 atom stereocenters. The van der Waals surface area contributed by atoms with Crippen LogP contribution in [0.2, 0.25) is 0 Å². The third-order valence-corrected chi connectivity index (χ3v) is 4.70. The molecule has 3 rings (SSSR count). The minimum Gasteiger partial charge on any atom is -0.478 e. The quantitative estimate of drug-likeness (QED) is 0.897. The standard InChI is InChI=1S/C20H22N2O3/c23-19(24)18-8-6-16(7-9-18)17-10-12-22(13-11-17)20(25)21-14-15-4-2-1-3-5-15/h1-9,17H,10-14H2,(H,21,25)(H,23,24). The summed E-state index contributed by atoms with van der Waals surface area (Å²) in [6.07, 6.45) is 1.79. The number of urea groups is 1. The van der Waals surface area contributed by atoms with Crippen LogP contribution < -0.4 is 5.32 Å². The van der Waals surface area contributed by atoms with Crippen molar-refractivity contribution in [2.24, 2.45) is 0 Å². The fraction of sp³-hybridized carbons (Fsp3) is 0.300. The van der Waals surface area contributed by atoms with E-state index in [0.29, 0.717) is 31.1 Å². The van der Waals surface area contributed by atoms with E-state index < -0.39 is 5.97 Å². The Bertz CT molecular complexity index is 720. The van der Waals surface area contributed by atoms with Gasteiger partial charge >= 0.3 is 12.0 Å². The predicted molar refractivity (Wildman–Crippen MR) is 95.6 cm³/mol. The van der Waals surface area contributed by atoms with Gasteiger partial charge in [-0.15, -0.1) is 0 Å². The van der Waals surface area contributed by atoms with E-state index in [1.807, 2.05) is 47.4 Å². The first kappa shape index (κ1) is 17.0. The van der Waals surface area contributed by atoms with Gasteiger partial charge in [-0.25, -0.2) is 9.59 Å². The Hall–Kier alpha value is -2.82. The number of aromatic carboxylic acids is 1. The molecule has 0 aliphatic carbocycles. The molecule has 25 heavy (non-hydrogen) atoms. The normalized spacial score (nSPS) is 15.0. The van der Waals surface area contributed by atoms with Gasteiger partial charge in [0.05, 0.1) is 5.56 Å². The largest absolute Gasteiger partial charge is 0.478 e. The lowest BCUT2D eigenvalue weighted by molar-refractivity contribution is 0.0696. The first-order valence-corrected chi connectivity index (χ1v) is 8.53. The van der Waals surface area contributed by atoms with Crippen molar-refractivity contribution in [3.05, 3.63) is 71.3 Å². The first-order chi connectivity index (χ1) is 12.1. The third kappa shape index (κ3) is 4.38. The van der Waals surface area contributed by atoms with E-state index in [1.165, 1.54) is 0 Å². The van der Waals surface area contributed by atoms with Crippen molar-refractivity contribution in [1.29, 1.82) is 0 Å². The van der Waals surface area contributed by atoms with E-state index in [1.54, 1.807) is 12.1 Å². The van der Waals surface area contributed by atoms with E-state index in [0.717, 1.165) is 24.0 Å². The summed E-state index contributed by atoms with van der Waals surface area (Å²) in [7, 11) is 0. The maximum atomic E-state index is 12.3. The van der Waals surface area contributed by atoms with Crippen LogP contribution in [-0.4, -0.2) is 35.1 Å². The average molecular weight is 338 g/mol. The van der Waals surface area contributed by atoms with Crippen molar-refractivity contribution in [1.82, 2.24) is 10.2 Å². The number of nitrogens with one attached hydrogen (secondary N) is 1. The van der Waals surface area contributed by atoms with Crippen LogP contribution in [0.15, 0.2) is 54.6 Å². The highest BCUT2D eigenvalue weighted by Crippen LogP contribution is 2.28. The lowest BCUT2D eigenvalue weighted by Gasteiger charge is -2.32. The molecule has 1 heterocycles. The SMILES string of the molecule is O=C(O)c1ccc(C2CCN(C(=O)NCc3ccccc3)CC2)cc1. The summed E-state index contributed by atoms with van der Waals surface area (Å²) in [5.74, 6) is -0.530. The summed E-state index contributed by atoms with van der Waals surface area (Å²) in [5.41, 5.74) is 2.54. The van der Waals surface area contributed by atoms with Gasteiger partial charge in [0, 0.05) is 19.6 Å². The van der Waals surface area contributed by atoms with Crippen LogP contribution in [0.5, 0.6) is 0 Å². The van der Waals surface area contributed by atoms with Crippen molar-refractivity contribution in [2.75, 3.05) is 13.1 Å². The number of carbonyl (C=O) groups excluding carboxylic acids is 1. The molecule has 1 aliphatic rings. The van der Waals surface area contributed by atoms with Crippen LogP contribution >= 0.6 is 0 Å². The Balaban J connectivity index is 1.49. The number of hydrogen-bond donors (Lipinski definition) is 2. The van der Waals surface area contributed by atoms with E-state index in [4.69, 9.17) is 5.11 Å². The number of hydrogen-bond acceptors (Lipinski definition) is 2. The number of rotatable bonds is 4. The van der Waals surface area contributed by atoms with Crippen molar-refractivity contribution >= 4 is 12.0 Å². The molecule has 0 unspecified atom stereocenters. The fourth-order valence-corrected chi connectivity index (χ4v) is 3.20. The minimum absolute atomic E-state index is 0.0245. The summed E-state index contributed by atoms with van der Waals surface area (Å²) in [6, 6.07) is 16.9. The average Bonchev–Trinajstić information content (AvgIpc) is 2.67. The first-order valence-electron chi connectivity index (χ1n) is 8.53. The number of nitrogens with zero attached hydrogens (tertiary/aromatic N) is 1. The number of carboxylic acid groups (broad SMARTS) is 1. The van der Waals surface area contributed by atoms with Crippen molar-refractivity contribution in [2.45, 2.75) is 25.3 Å². The molecule has 1 aliphatic heterocycles. The van der Waals surface area contributed by atoms with Gasteiger partial charge in [-0.05, 0) is 42.0 Å². The van der Waals surface area contributed by atoms with Gasteiger partial charge in [0.15, 0.2) is 0 Å².